The molecule has 0 fully saturated rings. The number of hydrogen-bond acceptors (Lipinski definition) is 4. The zero-order chi connectivity index (χ0) is 12.0. The first kappa shape index (κ1) is 13.7. The molecule has 0 aromatic rings. The SMILES string of the molecule is C1=CC[C]([Co+][C]2=CC=CC2)=C1.[O-][Cl+3]([O-])([O-])[O-]. The number of allylic oxidation sites excluding steroid dienone is 8. The first-order valence-corrected chi connectivity index (χ1v) is 6.66. The molecule has 0 saturated carbocycles. The van der Waals surface area contributed by atoms with E-state index in [2.05, 4.69) is 36.5 Å². The molecule has 2 rings (SSSR count). The first-order chi connectivity index (χ1) is 7.45. The largest absolute Gasteiger partial charge is 0.222 e. The Kier molecular flexibility index (Phi) is 5.43. The van der Waals surface area contributed by atoms with Gasteiger partial charge in [0.05, 0.1) is 0 Å². The van der Waals surface area contributed by atoms with E-state index >= 15 is 0 Å². The van der Waals surface area contributed by atoms with Crippen LogP contribution in [0.5, 0.6) is 0 Å². The minimum atomic E-state index is -4.94. The minimum absolute atomic E-state index is 1.15. The van der Waals surface area contributed by atoms with E-state index in [1.807, 2.05) is 0 Å². The quantitative estimate of drug-likeness (QED) is 0.587. The standard InChI is InChI=1S/2C5H5.ClHO4.Co/c2*1-2-4-5-3-1;2-1(3,4)5;/h2*1-3H,4H2;(H,2,3,4,5);/q;;;+1/p-1. The van der Waals surface area contributed by atoms with Crippen LogP contribution in [0.25, 0.3) is 0 Å². The van der Waals surface area contributed by atoms with Crippen molar-refractivity contribution in [3.8, 4) is 0 Å². The second-order valence-electron chi connectivity index (χ2n) is 2.90. The van der Waals surface area contributed by atoms with Crippen molar-refractivity contribution < 1.29 is 43.6 Å². The maximum absolute atomic E-state index is 8.49. The van der Waals surface area contributed by atoms with E-state index in [1.165, 1.54) is 23.7 Å². The summed E-state index contributed by atoms with van der Waals surface area (Å²) in [6.07, 6.45) is 15.5. The minimum Gasteiger partial charge on any atom is -0.222 e. The molecular formula is C10H10ClCoO4. The molecule has 0 aromatic heterocycles. The monoisotopic (exact) mass is 288 g/mol. The van der Waals surface area contributed by atoms with Crippen LogP contribution in [0.3, 0.4) is 0 Å². The molecule has 0 spiro atoms. The molecule has 2 aliphatic rings. The Morgan fingerprint density at radius 2 is 1.25 bits per heavy atom. The predicted molar refractivity (Wildman–Crippen MR) is 43.7 cm³/mol. The van der Waals surface area contributed by atoms with Gasteiger partial charge in [-0.25, -0.2) is 18.6 Å². The van der Waals surface area contributed by atoms with Crippen molar-refractivity contribution >= 4 is 0 Å². The van der Waals surface area contributed by atoms with Gasteiger partial charge in [0, 0.05) is 0 Å². The predicted octanol–water partition coefficient (Wildman–Crippen LogP) is -2.00. The van der Waals surface area contributed by atoms with E-state index in [0.717, 1.165) is 12.8 Å². The van der Waals surface area contributed by atoms with E-state index in [1.54, 1.807) is 0 Å². The molecule has 0 radical (unpaired) electrons. The Bertz CT molecular complexity index is 318. The van der Waals surface area contributed by atoms with Crippen LogP contribution in [-0.4, -0.2) is 0 Å². The average molecular weight is 289 g/mol. The van der Waals surface area contributed by atoms with Crippen molar-refractivity contribution in [1.82, 2.24) is 0 Å². The molecule has 0 aliphatic heterocycles. The Hall–Kier alpha value is -0.404. The molecule has 16 heavy (non-hydrogen) atoms. The van der Waals surface area contributed by atoms with Gasteiger partial charge in [-0.3, -0.25) is 0 Å². The Labute approximate surface area is 102 Å². The van der Waals surface area contributed by atoms with Crippen LogP contribution < -0.4 is 18.6 Å². The molecule has 0 bridgehead atoms. The van der Waals surface area contributed by atoms with Crippen LogP contribution in [0.4, 0.5) is 0 Å². The molecule has 2 aliphatic carbocycles. The second-order valence-corrected chi connectivity index (χ2v) is 5.25. The van der Waals surface area contributed by atoms with E-state index in [9.17, 15) is 0 Å². The first-order valence-electron chi connectivity index (χ1n) is 4.38. The van der Waals surface area contributed by atoms with Gasteiger partial charge in [0.15, 0.2) is 0 Å². The Morgan fingerprint density at radius 3 is 1.50 bits per heavy atom. The Balaban J connectivity index is 0.000000221. The maximum atomic E-state index is 8.49. The fraction of sp³-hybridized carbons (Fsp3) is 0.200. The summed E-state index contributed by atoms with van der Waals surface area (Å²) in [5.41, 5.74) is 0. The summed E-state index contributed by atoms with van der Waals surface area (Å²) in [7, 11) is -4.94. The van der Waals surface area contributed by atoms with Crippen LogP contribution in [0.2, 0.25) is 0 Å². The summed E-state index contributed by atoms with van der Waals surface area (Å²) in [5.74, 6) is 0. The van der Waals surface area contributed by atoms with Crippen LogP contribution in [0.15, 0.2) is 45.5 Å². The zero-order valence-corrected chi connectivity index (χ0v) is 10.0. The van der Waals surface area contributed by atoms with Crippen molar-refractivity contribution in [1.29, 1.82) is 0 Å². The van der Waals surface area contributed by atoms with Crippen molar-refractivity contribution in [2.24, 2.45) is 0 Å². The summed E-state index contributed by atoms with van der Waals surface area (Å²) >= 11 is 1.45. The molecule has 0 atom stereocenters. The van der Waals surface area contributed by atoms with Crippen LogP contribution >= 0.6 is 0 Å². The zero-order valence-electron chi connectivity index (χ0n) is 8.22. The third-order valence-corrected chi connectivity index (χ3v) is 3.07. The van der Waals surface area contributed by atoms with Crippen molar-refractivity contribution in [2.75, 3.05) is 0 Å². The average Bonchev–Trinajstić information content (AvgIpc) is 2.74. The van der Waals surface area contributed by atoms with Gasteiger partial charge in [0.1, 0.15) is 0 Å². The van der Waals surface area contributed by atoms with E-state index < -0.39 is 10.2 Å². The molecule has 0 unspecified atom stereocenters. The third-order valence-electron chi connectivity index (χ3n) is 1.63. The van der Waals surface area contributed by atoms with Gasteiger partial charge in [0.2, 0.25) is 0 Å². The second kappa shape index (κ2) is 6.36. The molecular weight excluding hydrogens is 278 g/mol. The molecule has 0 amide bonds. The van der Waals surface area contributed by atoms with Gasteiger partial charge in [-0.2, -0.15) is 0 Å². The van der Waals surface area contributed by atoms with Crippen molar-refractivity contribution in [3.05, 3.63) is 45.5 Å². The number of hydrogen-bond donors (Lipinski definition) is 0. The molecule has 90 valence electrons. The van der Waals surface area contributed by atoms with Gasteiger partial charge < -0.3 is 0 Å². The summed E-state index contributed by atoms with van der Waals surface area (Å²) in [6, 6.07) is 0. The van der Waals surface area contributed by atoms with Crippen LogP contribution in [-0.2, 0) is 14.7 Å². The summed E-state index contributed by atoms with van der Waals surface area (Å²) in [6.45, 7) is 0. The third kappa shape index (κ3) is 6.97. The Morgan fingerprint density at radius 1 is 0.875 bits per heavy atom. The molecule has 6 heteroatoms. The smallest absolute Gasteiger partial charge is 0.112 e. The summed E-state index contributed by atoms with van der Waals surface area (Å²) < 4.78 is 37.0. The van der Waals surface area contributed by atoms with Crippen LogP contribution in [0, 0.1) is 10.2 Å². The van der Waals surface area contributed by atoms with Gasteiger partial charge in [-0.05, 0) is 0 Å². The van der Waals surface area contributed by atoms with Gasteiger partial charge in [-0.15, -0.1) is 10.2 Å². The number of halogens is 1. The fourth-order valence-corrected chi connectivity index (χ4v) is 2.35. The summed E-state index contributed by atoms with van der Waals surface area (Å²) in [5, 5.41) is 0. The van der Waals surface area contributed by atoms with Gasteiger partial charge in [-0.1, -0.05) is 0 Å². The van der Waals surface area contributed by atoms with Crippen LogP contribution in [0.1, 0.15) is 12.8 Å². The van der Waals surface area contributed by atoms with Crippen molar-refractivity contribution in [2.45, 2.75) is 12.8 Å². The normalized spacial score (nSPS) is 18.2. The van der Waals surface area contributed by atoms with E-state index in [-0.39, 0.29) is 0 Å². The van der Waals surface area contributed by atoms with E-state index in [4.69, 9.17) is 18.6 Å². The van der Waals surface area contributed by atoms with Gasteiger partial charge in [0.25, 0.3) is 0 Å². The topological polar surface area (TPSA) is 92.2 Å². The van der Waals surface area contributed by atoms with Crippen molar-refractivity contribution in [3.63, 3.8) is 0 Å². The fourth-order valence-electron chi connectivity index (χ4n) is 1.08. The number of rotatable bonds is 2. The van der Waals surface area contributed by atoms with E-state index in [0.29, 0.717) is 0 Å². The molecule has 0 heterocycles. The molecule has 0 saturated heterocycles. The summed E-state index contributed by atoms with van der Waals surface area (Å²) in [4.78, 5) is 0. The van der Waals surface area contributed by atoms with Gasteiger partial charge >= 0.3 is 73.0 Å². The maximum Gasteiger partial charge on any atom is -0.112 e. The molecule has 0 aromatic carbocycles. The molecule has 0 N–H and O–H groups in total. The molecule has 4 nitrogen and oxygen atoms in total.